The molecule has 0 saturated carbocycles. The predicted octanol–water partition coefficient (Wildman–Crippen LogP) is 4.50. The van der Waals surface area contributed by atoms with Gasteiger partial charge in [0, 0.05) is 16.5 Å². The zero-order chi connectivity index (χ0) is 26.8. The Bertz CT molecular complexity index is 1710. The fourth-order valence-electron chi connectivity index (χ4n) is 5.43. The van der Waals surface area contributed by atoms with E-state index in [9.17, 15) is 23.5 Å². The van der Waals surface area contributed by atoms with Crippen molar-refractivity contribution in [3.63, 3.8) is 0 Å². The first-order valence-electron chi connectivity index (χ1n) is 12.4. The summed E-state index contributed by atoms with van der Waals surface area (Å²) in [7, 11) is 0. The second-order valence-corrected chi connectivity index (χ2v) is 9.59. The standard InChI is InChI=1S/C29H24F2N2O5/c1-3-17-18-10-16(37-13-15-5-7-22(30)23(31)9-15)6-8-24(18)32-26-19(17)12-33-25(26)11-21-20(27(33)34)14-38-28(35)29(21,36)4-2/h5-11,36H,3-4,12-14H2,1-2H3. The van der Waals surface area contributed by atoms with Gasteiger partial charge in [0.2, 0.25) is 0 Å². The molecule has 4 heterocycles. The van der Waals surface area contributed by atoms with E-state index in [4.69, 9.17) is 14.5 Å². The van der Waals surface area contributed by atoms with E-state index >= 15 is 0 Å². The summed E-state index contributed by atoms with van der Waals surface area (Å²) >= 11 is 0. The second kappa shape index (κ2) is 8.73. The summed E-state index contributed by atoms with van der Waals surface area (Å²) in [6.45, 7) is 3.88. The summed E-state index contributed by atoms with van der Waals surface area (Å²) in [5.41, 5.74) is 2.66. The van der Waals surface area contributed by atoms with Gasteiger partial charge in [-0.25, -0.2) is 18.6 Å². The number of fused-ring (bicyclic) bond motifs is 5. The van der Waals surface area contributed by atoms with Crippen molar-refractivity contribution in [2.24, 2.45) is 0 Å². The summed E-state index contributed by atoms with van der Waals surface area (Å²) in [6.07, 6.45) is 0.740. The van der Waals surface area contributed by atoms with Crippen LogP contribution >= 0.6 is 0 Å². The second-order valence-electron chi connectivity index (χ2n) is 9.59. The first kappa shape index (κ1) is 24.2. The van der Waals surface area contributed by atoms with Gasteiger partial charge in [0.05, 0.1) is 29.0 Å². The number of aromatic nitrogens is 2. The number of ether oxygens (including phenoxy) is 2. The largest absolute Gasteiger partial charge is 0.489 e. The number of esters is 1. The summed E-state index contributed by atoms with van der Waals surface area (Å²) in [5, 5.41) is 11.9. The number of hydrogen-bond donors (Lipinski definition) is 1. The maximum absolute atomic E-state index is 13.6. The van der Waals surface area contributed by atoms with E-state index in [1.807, 2.05) is 19.1 Å². The molecule has 2 aromatic heterocycles. The minimum absolute atomic E-state index is 0.0655. The highest BCUT2D eigenvalue weighted by atomic mass is 19.2. The molecule has 9 heteroatoms. The van der Waals surface area contributed by atoms with Crippen molar-refractivity contribution >= 4 is 16.9 Å². The molecule has 0 radical (unpaired) electrons. The molecule has 2 aliphatic heterocycles. The van der Waals surface area contributed by atoms with Crippen LogP contribution in [0.15, 0.2) is 47.3 Å². The van der Waals surface area contributed by atoms with Gasteiger partial charge in [0.25, 0.3) is 5.56 Å². The summed E-state index contributed by atoms with van der Waals surface area (Å²) in [4.78, 5) is 30.7. The third kappa shape index (κ3) is 3.53. The highest BCUT2D eigenvalue weighted by Crippen LogP contribution is 2.40. The summed E-state index contributed by atoms with van der Waals surface area (Å²) in [6, 6.07) is 10.8. The van der Waals surface area contributed by atoms with E-state index in [2.05, 4.69) is 0 Å². The summed E-state index contributed by atoms with van der Waals surface area (Å²) in [5.74, 6) is -2.05. The van der Waals surface area contributed by atoms with Gasteiger partial charge in [0.15, 0.2) is 17.2 Å². The molecule has 0 amide bonds. The zero-order valence-electron chi connectivity index (χ0n) is 20.8. The van der Waals surface area contributed by atoms with Crippen LogP contribution in [0.25, 0.3) is 22.3 Å². The molecule has 7 nitrogen and oxygen atoms in total. The number of aryl methyl sites for hydroxylation is 1. The number of rotatable bonds is 5. The minimum Gasteiger partial charge on any atom is -0.489 e. The number of pyridine rings is 2. The van der Waals surface area contributed by atoms with Gasteiger partial charge in [0.1, 0.15) is 19.0 Å². The number of halogens is 2. The average molecular weight is 519 g/mol. The van der Waals surface area contributed by atoms with Crippen LogP contribution in [0.2, 0.25) is 0 Å². The molecule has 0 fully saturated rings. The third-order valence-electron chi connectivity index (χ3n) is 7.52. The quantitative estimate of drug-likeness (QED) is 0.345. The molecule has 4 aromatic rings. The Morgan fingerprint density at radius 2 is 1.89 bits per heavy atom. The molecule has 0 saturated heterocycles. The number of cyclic esters (lactones) is 1. The zero-order valence-corrected chi connectivity index (χ0v) is 20.8. The van der Waals surface area contributed by atoms with Crippen LogP contribution in [0.4, 0.5) is 8.78 Å². The molecule has 2 aliphatic rings. The van der Waals surface area contributed by atoms with Gasteiger partial charge >= 0.3 is 5.97 Å². The van der Waals surface area contributed by atoms with Gasteiger partial charge in [-0.2, -0.15) is 0 Å². The Morgan fingerprint density at radius 3 is 2.63 bits per heavy atom. The molecule has 1 unspecified atom stereocenters. The van der Waals surface area contributed by atoms with Crippen LogP contribution in [0, 0.1) is 11.6 Å². The topological polar surface area (TPSA) is 90.6 Å². The van der Waals surface area contributed by atoms with Gasteiger partial charge in [-0.15, -0.1) is 0 Å². The van der Waals surface area contributed by atoms with Crippen LogP contribution in [0.3, 0.4) is 0 Å². The first-order chi connectivity index (χ1) is 18.2. The van der Waals surface area contributed by atoms with E-state index in [1.165, 1.54) is 6.07 Å². The monoisotopic (exact) mass is 518 g/mol. The van der Waals surface area contributed by atoms with E-state index in [0.717, 1.165) is 28.6 Å². The molecule has 6 rings (SSSR count). The van der Waals surface area contributed by atoms with Crippen molar-refractivity contribution in [2.75, 3.05) is 0 Å². The number of aliphatic hydroxyl groups is 1. The number of carbonyl (C=O) groups is 1. The Hall–Kier alpha value is -4.11. The molecular weight excluding hydrogens is 494 g/mol. The van der Waals surface area contributed by atoms with Crippen molar-refractivity contribution in [1.29, 1.82) is 0 Å². The minimum atomic E-state index is -1.88. The van der Waals surface area contributed by atoms with Crippen LogP contribution in [-0.4, -0.2) is 20.6 Å². The van der Waals surface area contributed by atoms with Crippen LogP contribution in [-0.2, 0) is 41.3 Å². The third-order valence-corrected chi connectivity index (χ3v) is 7.52. The van der Waals surface area contributed by atoms with Gasteiger partial charge < -0.3 is 19.1 Å². The Morgan fingerprint density at radius 1 is 1.08 bits per heavy atom. The number of nitrogens with zero attached hydrogens (tertiary/aromatic N) is 2. The molecule has 2 aromatic carbocycles. The molecule has 0 aliphatic carbocycles. The van der Waals surface area contributed by atoms with E-state index < -0.39 is 23.2 Å². The summed E-state index contributed by atoms with van der Waals surface area (Å²) < 4.78 is 39.4. The maximum atomic E-state index is 13.6. The average Bonchev–Trinajstić information content (AvgIpc) is 3.29. The van der Waals surface area contributed by atoms with Crippen molar-refractivity contribution < 1.29 is 28.2 Å². The van der Waals surface area contributed by atoms with Crippen LogP contribution in [0.1, 0.15) is 48.1 Å². The first-order valence-corrected chi connectivity index (χ1v) is 12.4. The van der Waals surface area contributed by atoms with E-state index in [0.29, 0.717) is 41.2 Å². The Labute approximate surface area is 216 Å². The fourth-order valence-corrected chi connectivity index (χ4v) is 5.43. The Kier molecular flexibility index (Phi) is 5.57. The normalized spacial score (nSPS) is 17.7. The highest BCUT2D eigenvalue weighted by molar-refractivity contribution is 5.90. The molecule has 1 N–H and O–H groups in total. The lowest BCUT2D eigenvalue weighted by molar-refractivity contribution is -0.172. The van der Waals surface area contributed by atoms with Crippen molar-refractivity contribution in [1.82, 2.24) is 9.55 Å². The number of hydrogen-bond acceptors (Lipinski definition) is 6. The van der Waals surface area contributed by atoms with Gasteiger partial charge in [-0.05, 0) is 60.4 Å². The highest BCUT2D eigenvalue weighted by Gasteiger charge is 2.45. The van der Waals surface area contributed by atoms with E-state index in [-0.39, 0.29) is 36.3 Å². The maximum Gasteiger partial charge on any atom is 0.343 e. The van der Waals surface area contributed by atoms with Crippen LogP contribution in [0.5, 0.6) is 5.75 Å². The lowest BCUT2D eigenvalue weighted by Crippen LogP contribution is -2.44. The number of benzene rings is 2. The molecule has 1 atom stereocenters. The van der Waals surface area contributed by atoms with E-state index in [1.54, 1.807) is 23.6 Å². The lowest BCUT2D eigenvalue weighted by atomic mass is 9.86. The van der Waals surface area contributed by atoms with Crippen molar-refractivity contribution in [3.05, 3.63) is 92.3 Å². The van der Waals surface area contributed by atoms with Crippen molar-refractivity contribution in [3.8, 4) is 17.1 Å². The number of carbonyl (C=O) groups excluding carboxylic acids is 1. The smallest absolute Gasteiger partial charge is 0.343 e. The molecule has 0 bridgehead atoms. The van der Waals surface area contributed by atoms with Crippen LogP contribution < -0.4 is 10.3 Å². The molecule has 194 valence electrons. The predicted molar refractivity (Wildman–Crippen MR) is 135 cm³/mol. The molecule has 0 spiro atoms. The molecular formula is C29H24F2N2O5. The lowest BCUT2D eigenvalue weighted by Gasteiger charge is -2.31. The SMILES string of the molecule is CCc1c2c(nc3ccc(OCc4ccc(F)c(F)c4)cc13)-c1cc3c(c(=O)n1C2)COC(=O)C3(O)CC. The van der Waals surface area contributed by atoms with Gasteiger partial charge in [-0.1, -0.05) is 19.9 Å². The fraction of sp³-hybridized carbons (Fsp3) is 0.276. The van der Waals surface area contributed by atoms with Gasteiger partial charge in [-0.3, -0.25) is 4.79 Å². The molecule has 38 heavy (non-hydrogen) atoms. The Balaban J connectivity index is 1.43. The van der Waals surface area contributed by atoms with Crippen molar-refractivity contribution in [2.45, 2.75) is 52.0 Å².